The molecule has 2 heterocycles. The maximum Gasteiger partial charge on any atom is 0.305 e. The molecule has 0 saturated carbocycles. The first-order valence-corrected chi connectivity index (χ1v) is 20.8. The number of fused-ring (bicyclic) bond motifs is 3. The first-order chi connectivity index (χ1) is 27.2. The fraction of sp³-hybridized carbons (Fsp3) is 0.100. The van der Waals surface area contributed by atoms with Gasteiger partial charge in [-0.3, -0.25) is 4.79 Å². The van der Waals surface area contributed by atoms with Crippen LogP contribution in [-0.2, 0) is 12.2 Å². The molecule has 0 saturated heterocycles. The summed E-state index contributed by atoms with van der Waals surface area (Å²) in [5.74, 6) is -0.265. The maximum atomic E-state index is 14.0. The van der Waals surface area contributed by atoms with Crippen LogP contribution in [-0.4, -0.2) is 6.16 Å². The van der Waals surface area contributed by atoms with Gasteiger partial charge in [0.15, 0.2) is 11.3 Å². The van der Waals surface area contributed by atoms with Gasteiger partial charge in [0.2, 0.25) is 11.2 Å². The molecule has 0 atom stereocenters. The van der Waals surface area contributed by atoms with Gasteiger partial charge in [0, 0.05) is 11.1 Å². The highest BCUT2D eigenvalue weighted by molar-refractivity contribution is 7.95. The van der Waals surface area contributed by atoms with E-state index < -0.39 is 13.0 Å². The minimum absolute atomic E-state index is 0. The van der Waals surface area contributed by atoms with Crippen LogP contribution in [0.25, 0.3) is 22.1 Å². The third-order valence-electron chi connectivity index (χ3n) is 10.7. The lowest BCUT2D eigenvalue weighted by molar-refractivity contribution is -0.0456. The number of hydrogen-bond donors (Lipinski definition) is 0. The van der Waals surface area contributed by atoms with Crippen molar-refractivity contribution >= 4 is 34.1 Å². The first kappa shape index (κ1) is 37.2. The maximum absolute atomic E-state index is 14.0. The molecule has 0 unspecified atom stereocenters. The number of halogens is 1. The largest absolute Gasteiger partial charge is 1.00 e. The lowest BCUT2D eigenvalue weighted by Gasteiger charge is -2.28. The highest BCUT2D eigenvalue weighted by Crippen LogP contribution is 2.56. The highest BCUT2D eigenvalue weighted by Gasteiger charge is 2.47. The molecule has 0 radical (unpaired) electrons. The second kappa shape index (κ2) is 16.2. The van der Waals surface area contributed by atoms with Crippen molar-refractivity contribution in [1.82, 2.24) is 0 Å². The van der Waals surface area contributed by atoms with Crippen LogP contribution < -0.4 is 47.8 Å². The molecule has 1 aliphatic rings. The Morgan fingerprint density at radius 1 is 0.518 bits per heavy atom. The molecular formula is C50H40BrO4P. The van der Waals surface area contributed by atoms with Gasteiger partial charge in [0.1, 0.15) is 29.4 Å². The normalized spacial score (nSPS) is 12.9. The molecule has 0 amide bonds. The van der Waals surface area contributed by atoms with Crippen molar-refractivity contribution in [2.24, 2.45) is 0 Å². The molecule has 1 aromatic heterocycles. The van der Waals surface area contributed by atoms with Crippen molar-refractivity contribution in [2.75, 3.05) is 6.16 Å². The summed E-state index contributed by atoms with van der Waals surface area (Å²) in [4.78, 5) is 14.0. The standard InChI is InChI=1S/C50H40O4P.BrH/c51-47-44-33-34-46-49(54-50(53-46,39-19-6-1-7-20-39)40-21-8-2-9-22-40)48(44)52-36-45(47)38-31-29-37(30-32-38)18-16-17-35-55(41-23-10-3-11-24-41,42-25-12-4-13-26-42)43-27-14-5-15-28-43;/h1-15,19-34,36H,16-18,35H2;1H/q+1;/p-1. The summed E-state index contributed by atoms with van der Waals surface area (Å²) in [5, 5.41) is 4.70. The molecule has 0 N–H and O–H groups in total. The summed E-state index contributed by atoms with van der Waals surface area (Å²) in [5.41, 5.74) is 4.53. The lowest BCUT2D eigenvalue weighted by Crippen LogP contribution is -3.00. The van der Waals surface area contributed by atoms with E-state index in [1.54, 1.807) is 18.4 Å². The third kappa shape index (κ3) is 6.76. The molecule has 0 aliphatic carbocycles. The van der Waals surface area contributed by atoms with E-state index in [2.05, 4.69) is 103 Å². The number of aryl methyl sites for hydroxylation is 1. The third-order valence-corrected chi connectivity index (χ3v) is 15.3. The Labute approximate surface area is 338 Å². The summed E-state index contributed by atoms with van der Waals surface area (Å²) < 4.78 is 19.5. The van der Waals surface area contributed by atoms with Crippen LogP contribution in [0.3, 0.4) is 0 Å². The van der Waals surface area contributed by atoms with Gasteiger partial charge in [-0.15, -0.1) is 0 Å². The molecule has 4 nitrogen and oxygen atoms in total. The Hall–Kier alpha value is -5.74. The van der Waals surface area contributed by atoms with E-state index in [0.717, 1.165) is 42.1 Å². The van der Waals surface area contributed by atoms with Gasteiger partial charge in [0.25, 0.3) is 0 Å². The Morgan fingerprint density at radius 2 is 1.02 bits per heavy atom. The van der Waals surface area contributed by atoms with E-state index in [-0.39, 0.29) is 22.4 Å². The predicted molar refractivity (Wildman–Crippen MR) is 226 cm³/mol. The molecule has 9 rings (SSSR count). The lowest BCUT2D eigenvalue weighted by atomic mass is 9.97. The van der Waals surface area contributed by atoms with Crippen LogP contribution in [0.5, 0.6) is 11.5 Å². The quantitative estimate of drug-likeness (QED) is 0.101. The van der Waals surface area contributed by atoms with Crippen molar-refractivity contribution in [3.8, 4) is 22.6 Å². The molecule has 0 spiro atoms. The number of ether oxygens (including phenoxy) is 2. The molecule has 276 valence electrons. The molecule has 7 aromatic carbocycles. The van der Waals surface area contributed by atoms with Crippen LogP contribution in [0.15, 0.2) is 204 Å². The zero-order valence-electron chi connectivity index (χ0n) is 30.8. The Balaban J connectivity index is 0.00000441. The van der Waals surface area contributed by atoms with Gasteiger partial charge in [-0.25, -0.2) is 0 Å². The summed E-state index contributed by atoms with van der Waals surface area (Å²) in [6.45, 7) is 0. The van der Waals surface area contributed by atoms with E-state index in [0.29, 0.717) is 28.0 Å². The molecule has 56 heavy (non-hydrogen) atoms. The van der Waals surface area contributed by atoms with Crippen molar-refractivity contribution in [3.05, 3.63) is 221 Å². The number of hydrogen-bond acceptors (Lipinski definition) is 4. The van der Waals surface area contributed by atoms with Crippen LogP contribution >= 0.6 is 7.26 Å². The van der Waals surface area contributed by atoms with Gasteiger partial charge in [-0.1, -0.05) is 140 Å². The topological polar surface area (TPSA) is 48.7 Å². The number of unbranched alkanes of at least 4 members (excludes halogenated alkanes) is 1. The second-order valence-electron chi connectivity index (χ2n) is 14.0. The summed E-state index contributed by atoms with van der Waals surface area (Å²) in [6, 6.07) is 64.8. The van der Waals surface area contributed by atoms with Crippen LogP contribution in [0.4, 0.5) is 0 Å². The number of rotatable bonds is 11. The first-order valence-electron chi connectivity index (χ1n) is 18.9. The summed E-state index contributed by atoms with van der Waals surface area (Å²) in [7, 11) is -1.85. The van der Waals surface area contributed by atoms with Crippen molar-refractivity contribution in [3.63, 3.8) is 0 Å². The van der Waals surface area contributed by atoms with Crippen molar-refractivity contribution < 1.29 is 30.9 Å². The molecule has 6 heteroatoms. The zero-order chi connectivity index (χ0) is 37.1. The molecule has 0 fully saturated rings. The van der Waals surface area contributed by atoms with Crippen molar-refractivity contribution in [1.29, 1.82) is 0 Å². The van der Waals surface area contributed by atoms with Crippen molar-refractivity contribution in [2.45, 2.75) is 25.0 Å². The smallest absolute Gasteiger partial charge is 0.305 e. The fourth-order valence-corrected chi connectivity index (χ4v) is 12.4. The van der Waals surface area contributed by atoms with Gasteiger partial charge in [0.05, 0.1) is 17.1 Å². The average molecular weight is 816 g/mol. The van der Waals surface area contributed by atoms with Gasteiger partial charge < -0.3 is 30.9 Å². The van der Waals surface area contributed by atoms with Crippen LogP contribution in [0.2, 0.25) is 0 Å². The Morgan fingerprint density at radius 3 is 1.54 bits per heavy atom. The van der Waals surface area contributed by atoms with E-state index in [1.807, 2.05) is 72.8 Å². The monoisotopic (exact) mass is 814 g/mol. The Bertz CT molecular complexity index is 2460. The molecule has 1 aliphatic heterocycles. The van der Waals surface area contributed by atoms with Gasteiger partial charge >= 0.3 is 5.79 Å². The average Bonchev–Trinajstić information content (AvgIpc) is 3.68. The van der Waals surface area contributed by atoms with Crippen LogP contribution in [0.1, 0.15) is 29.5 Å². The highest BCUT2D eigenvalue weighted by atomic mass is 79.9. The zero-order valence-corrected chi connectivity index (χ0v) is 33.2. The van der Waals surface area contributed by atoms with Gasteiger partial charge in [-0.2, -0.15) is 0 Å². The molecule has 0 bridgehead atoms. The van der Waals surface area contributed by atoms with E-state index in [9.17, 15) is 4.79 Å². The van der Waals surface area contributed by atoms with Crippen LogP contribution in [0, 0.1) is 0 Å². The van der Waals surface area contributed by atoms with E-state index in [1.165, 1.54) is 21.5 Å². The minimum Gasteiger partial charge on any atom is -1.00 e. The predicted octanol–water partition coefficient (Wildman–Crippen LogP) is 7.45. The SMILES string of the molecule is O=c1c(-c2ccc(CCCC[P+](c3ccccc3)(c3ccccc3)c3ccccc3)cc2)coc2c3c(ccc12)OC(c1ccccc1)(c1ccccc1)O3.[Br-]. The summed E-state index contributed by atoms with van der Waals surface area (Å²) >= 11 is 0. The molecular weight excluding hydrogens is 775 g/mol. The minimum atomic E-state index is -1.85. The number of benzene rings is 7. The van der Waals surface area contributed by atoms with E-state index >= 15 is 0 Å². The summed E-state index contributed by atoms with van der Waals surface area (Å²) in [6.07, 6.45) is 5.76. The second-order valence-corrected chi connectivity index (χ2v) is 17.6. The fourth-order valence-electron chi connectivity index (χ4n) is 7.98. The Kier molecular flexibility index (Phi) is 10.7. The van der Waals surface area contributed by atoms with Gasteiger partial charge in [-0.05, 0) is 78.9 Å². The van der Waals surface area contributed by atoms with E-state index in [4.69, 9.17) is 13.9 Å². The molecule has 8 aromatic rings.